The molecule has 0 aliphatic carbocycles. The van der Waals surface area contributed by atoms with E-state index in [4.69, 9.17) is 5.84 Å². The Balaban J connectivity index is 2.88. The molecular weight excluding hydrogens is 225 g/mol. The topological polar surface area (TPSA) is 73.1 Å². The molecule has 1 unspecified atom stereocenters. The predicted octanol–water partition coefficient (Wildman–Crippen LogP) is 1.40. The maximum atomic E-state index is 12.2. The molecule has 0 spiro atoms. The second-order valence-corrected chi connectivity index (χ2v) is 3.13. The molecule has 8 heteroatoms. The fraction of sp³-hybridized carbons (Fsp3) is 0.500. The third-order valence-corrected chi connectivity index (χ3v) is 1.80. The van der Waals surface area contributed by atoms with Gasteiger partial charge in [0, 0.05) is 11.8 Å². The predicted molar refractivity (Wildman–Crippen MR) is 50.7 cm³/mol. The molecule has 1 aromatic heterocycles. The number of hydrogen-bond donors (Lipinski definition) is 2. The number of hydrazine groups is 1. The van der Waals surface area contributed by atoms with Gasteiger partial charge >= 0.3 is 6.18 Å². The first-order chi connectivity index (χ1) is 7.34. The highest BCUT2D eigenvalue weighted by molar-refractivity contribution is 5.31. The van der Waals surface area contributed by atoms with Gasteiger partial charge in [0.05, 0.1) is 0 Å². The Morgan fingerprint density at radius 3 is 2.62 bits per heavy atom. The molecule has 90 valence electrons. The molecule has 1 aromatic rings. The highest BCUT2D eigenvalue weighted by Gasteiger charge is 2.38. The van der Waals surface area contributed by atoms with Crippen molar-refractivity contribution in [3.8, 4) is 5.88 Å². The van der Waals surface area contributed by atoms with Gasteiger partial charge in [-0.3, -0.25) is 5.43 Å². The van der Waals surface area contributed by atoms with Crippen molar-refractivity contribution in [3.63, 3.8) is 0 Å². The lowest BCUT2D eigenvalue weighted by molar-refractivity contribution is -0.190. The fourth-order valence-corrected chi connectivity index (χ4v) is 0.850. The van der Waals surface area contributed by atoms with Crippen molar-refractivity contribution in [1.29, 1.82) is 0 Å². The monoisotopic (exact) mass is 236 g/mol. The Hall–Kier alpha value is -1.57. The first-order valence-electron chi connectivity index (χ1n) is 4.38. The number of aryl methyl sites for hydroxylation is 1. The number of rotatable bonds is 3. The Bertz CT molecular complexity index is 369. The van der Waals surface area contributed by atoms with Crippen LogP contribution in [0.5, 0.6) is 5.88 Å². The van der Waals surface area contributed by atoms with Crippen LogP contribution in [0.1, 0.15) is 12.5 Å². The van der Waals surface area contributed by atoms with E-state index in [1.165, 1.54) is 6.20 Å². The van der Waals surface area contributed by atoms with Crippen LogP contribution in [0, 0.1) is 6.92 Å². The van der Waals surface area contributed by atoms with Gasteiger partial charge in [-0.2, -0.15) is 18.2 Å². The molecule has 0 aliphatic rings. The minimum atomic E-state index is -4.44. The minimum Gasteiger partial charge on any atom is -0.465 e. The standard InChI is InChI=1S/C8H11F3N4O/c1-4-3-13-7(15-12)14-6(4)16-5(2)8(9,10)11/h3,5H,12H2,1-2H3,(H,13,14,15). The fourth-order valence-electron chi connectivity index (χ4n) is 0.850. The SMILES string of the molecule is Cc1cnc(NN)nc1OC(C)C(F)(F)F. The summed E-state index contributed by atoms with van der Waals surface area (Å²) in [5.41, 5.74) is 2.52. The van der Waals surface area contributed by atoms with Crippen LogP contribution >= 0.6 is 0 Å². The molecule has 0 saturated heterocycles. The Labute approximate surface area is 89.8 Å². The van der Waals surface area contributed by atoms with Crippen molar-refractivity contribution in [2.45, 2.75) is 26.1 Å². The normalized spacial score (nSPS) is 13.4. The number of anilines is 1. The van der Waals surface area contributed by atoms with E-state index in [9.17, 15) is 13.2 Å². The third-order valence-electron chi connectivity index (χ3n) is 1.80. The van der Waals surface area contributed by atoms with Crippen LogP contribution in [-0.2, 0) is 0 Å². The first kappa shape index (κ1) is 12.5. The van der Waals surface area contributed by atoms with Gasteiger partial charge < -0.3 is 4.74 Å². The molecule has 0 saturated carbocycles. The summed E-state index contributed by atoms with van der Waals surface area (Å²) in [5, 5.41) is 0. The summed E-state index contributed by atoms with van der Waals surface area (Å²) < 4.78 is 41.4. The van der Waals surface area contributed by atoms with Crippen molar-refractivity contribution in [1.82, 2.24) is 9.97 Å². The number of aromatic nitrogens is 2. The number of nitrogens with zero attached hydrogens (tertiary/aromatic N) is 2. The Morgan fingerprint density at radius 1 is 1.50 bits per heavy atom. The smallest absolute Gasteiger partial charge is 0.425 e. The molecule has 0 aromatic carbocycles. The van der Waals surface area contributed by atoms with E-state index >= 15 is 0 Å². The molecule has 1 rings (SSSR count). The van der Waals surface area contributed by atoms with Gasteiger partial charge in [0.25, 0.3) is 0 Å². The maximum Gasteiger partial charge on any atom is 0.425 e. The highest BCUT2D eigenvalue weighted by Crippen LogP contribution is 2.25. The summed E-state index contributed by atoms with van der Waals surface area (Å²) in [7, 11) is 0. The number of alkyl halides is 3. The van der Waals surface area contributed by atoms with E-state index < -0.39 is 12.3 Å². The lowest BCUT2D eigenvalue weighted by Gasteiger charge is -2.18. The number of nitrogen functional groups attached to an aromatic ring is 1. The molecular formula is C8H11F3N4O. The van der Waals surface area contributed by atoms with Gasteiger partial charge in [-0.25, -0.2) is 10.8 Å². The van der Waals surface area contributed by atoms with Crippen LogP contribution < -0.4 is 16.0 Å². The zero-order valence-electron chi connectivity index (χ0n) is 8.67. The lowest BCUT2D eigenvalue weighted by Crippen LogP contribution is -2.31. The molecule has 1 atom stereocenters. The Morgan fingerprint density at radius 2 is 2.12 bits per heavy atom. The van der Waals surface area contributed by atoms with Crippen LogP contribution in [0.3, 0.4) is 0 Å². The van der Waals surface area contributed by atoms with Gasteiger partial charge in [-0.1, -0.05) is 0 Å². The zero-order valence-corrected chi connectivity index (χ0v) is 8.67. The van der Waals surface area contributed by atoms with Crippen molar-refractivity contribution in [2.75, 3.05) is 5.43 Å². The van der Waals surface area contributed by atoms with Gasteiger partial charge in [0.2, 0.25) is 11.8 Å². The third kappa shape index (κ3) is 2.96. The van der Waals surface area contributed by atoms with Crippen LogP contribution in [0.25, 0.3) is 0 Å². The molecule has 5 nitrogen and oxygen atoms in total. The average Bonchev–Trinajstić information content (AvgIpc) is 2.19. The zero-order chi connectivity index (χ0) is 12.3. The van der Waals surface area contributed by atoms with E-state index in [1.807, 2.05) is 0 Å². The second-order valence-electron chi connectivity index (χ2n) is 3.13. The number of hydrogen-bond acceptors (Lipinski definition) is 5. The number of nitrogens with one attached hydrogen (secondary N) is 1. The summed E-state index contributed by atoms with van der Waals surface area (Å²) in [5.74, 6) is 4.88. The van der Waals surface area contributed by atoms with Crippen molar-refractivity contribution in [2.24, 2.45) is 5.84 Å². The van der Waals surface area contributed by atoms with E-state index in [2.05, 4.69) is 20.1 Å². The van der Waals surface area contributed by atoms with E-state index in [0.717, 1.165) is 6.92 Å². The van der Waals surface area contributed by atoms with E-state index in [0.29, 0.717) is 5.56 Å². The van der Waals surface area contributed by atoms with Crippen LogP contribution in [-0.4, -0.2) is 22.2 Å². The first-order valence-corrected chi connectivity index (χ1v) is 4.38. The van der Waals surface area contributed by atoms with E-state index in [-0.39, 0.29) is 11.8 Å². The van der Waals surface area contributed by atoms with Crippen LogP contribution in [0.15, 0.2) is 6.20 Å². The molecule has 3 N–H and O–H groups in total. The number of nitrogens with two attached hydrogens (primary N) is 1. The van der Waals surface area contributed by atoms with Gasteiger partial charge in [0.15, 0.2) is 6.10 Å². The van der Waals surface area contributed by atoms with Crippen molar-refractivity contribution in [3.05, 3.63) is 11.8 Å². The molecule has 0 amide bonds. The minimum absolute atomic E-state index is 0.00465. The number of ether oxygens (including phenoxy) is 1. The summed E-state index contributed by atoms with van der Waals surface area (Å²) in [6.07, 6.45) is -5.05. The lowest BCUT2D eigenvalue weighted by atomic mass is 10.3. The van der Waals surface area contributed by atoms with E-state index in [1.54, 1.807) is 6.92 Å². The highest BCUT2D eigenvalue weighted by atomic mass is 19.4. The maximum absolute atomic E-state index is 12.2. The number of halogens is 3. The molecule has 0 fully saturated rings. The summed E-state index contributed by atoms with van der Waals surface area (Å²) in [6.45, 7) is 2.44. The van der Waals surface area contributed by atoms with Crippen molar-refractivity contribution < 1.29 is 17.9 Å². The van der Waals surface area contributed by atoms with Crippen LogP contribution in [0.2, 0.25) is 0 Å². The molecule has 1 heterocycles. The molecule has 16 heavy (non-hydrogen) atoms. The van der Waals surface area contributed by atoms with Gasteiger partial charge in [-0.15, -0.1) is 0 Å². The molecule has 0 bridgehead atoms. The van der Waals surface area contributed by atoms with Gasteiger partial charge in [0.1, 0.15) is 0 Å². The summed E-state index contributed by atoms with van der Waals surface area (Å²) in [4.78, 5) is 7.39. The van der Waals surface area contributed by atoms with Crippen LogP contribution in [0.4, 0.5) is 19.1 Å². The molecule has 0 radical (unpaired) electrons. The second kappa shape index (κ2) is 4.52. The quantitative estimate of drug-likeness (QED) is 0.613. The van der Waals surface area contributed by atoms with Crippen molar-refractivity contribution >= 4 is 5.95 Å². The largest absolute Gasteiger partial charge is 0.465 e. The average molecular weight is 236 g/mol. The molecule has 0 aliphatic heterocycles. The summed E-state index contributed by atoms with van der Waals surface area (Å²) >= 11 is 0. The Kier molecular flexibility index (Phi) is 3.53. The van der Waals surface area contributed by atoms with Gasteiger partial charge in [-0.05, 0) is 13.8 Å². The summed E-state index contributed by atoms with van der Waals surface area (Å²) in [6, 6.07) is 0.